The van der Waals surface area contributed by atoms with Crippen LogP contribution in [0.1, 0.15) is 40.5 Å². The van der Waals surface area contributed by atoms with Gasteiger partial charge < -0.3 is 19.9 Å². The van der Waals surface area contributed by atoms with Crippen LogP contribution in [0, 0.1) is 0 Å². The zero-order valence-electron chi connectivity index (χ0n) is 14.5. The minimum Gasteiger partial charge on any atom is -0.444 e. The molecule has 0 aromatic carbocycles. The summed E-state index contributed by atoms with van der Waals surface area (Å²) in [5, 5.41) is 3.22. The molecule has 0 radical (unpaired) electrons. The lowest BCUT2D eigenvalue weighted by molar-refractivity contribution is 0.0192. The fourth-order valence-electron chi connectivity index (χ4n) is 2.26. The highest BCUT2D eigenvalue weighted by Gasteiger charge is 2.28. The van der Waals surface area contributed by atoms with Crippen molar-refractivity contribution in [3.63, 3.8) is 0 Å². The molecule has 0 aliphatic carbocycles. The van der Waals surface area contributed by atoms with Gasteiger partial charge in [0.25, 0.3) is 0 Å². The van der Waals surface area contributed by atoms with E-state index in [0.29, 0.717) is 19.0 Å². The molecule has 22 heavy (non-hydrogen) atoms. The number of carbonyl (C=O) groups is 1. The quantitative estimate of drug-likeness (QED) is 0.482. The van der Waals surface area contributed by atoms with Gasteiger partial charge in [-0.1, -0.05) is 0 Å². The van der Waals surface area contributed by atoms with Crippen LogP contribution >= 0.6 is 0 Å². The number of likely N-dealkylation sites (tertiary alicyclic amines) is 1. The first-order valence-electron chi connectivity index (χ1n) is 7.72. The summed E-state index contributed by atoms with van der Waals surface area (Å²) in [6.07, 6.45) is 0.355. The Bertz CT molecular complexity index is 407. The van der Waals surface area contributed by atoms with E-state index >= 15 is 0 Å². The first kappa shape index (κ1) is 18.5. The number of hydrogen-bond acceptors (Lipinski definition) is 3. The monoisotopic (exact) mass is 316 g/mol. The molecule has 1 amide bonds. The first-order valence-corrected chi connectivity index (χ1v) is 7.72. The maximum atomic E-state index is 13.4. The van der Waals surface area contributed by atoms with Crippen LogP contribution in [0.2, 0.25) is 0 Å². The second-order valence-corrected chi connectivity index (χ2v) is 6.64. The van der Waals surface area contributed by atoms with Crippen molar-refractivity contribution in [1.29, 1.82) is 0 Å². The average molecular weight is 316 g/mol. The number of halogens is 1. The Labute approximate surface area is 132 Å². The number of piperidine rings is 1. The Hall–Kier alpha value is -1.53. The first-order chi connectivity index (χ1) is 10.1. The van der Waals surface area contributed by atoms with Crippen LogP contribution in [0.5, 0.6) is 0 Å². The van der Waals surface area contributed by atoms with Gasteiger partial charge in [-0.2, -0.15) is 0 Å². The molecule has 128 valence electrons. The third-order valence-corrected chi connectivity index (χ3v) is 3.49. The molecule has 1 rings (SSSR count). The predicted molar refractivity (Wildman–Crippen MR) is 85.7 cm³/mol. The number of ether oxygens (including phenoxy) is 1. The fourth-order valence-corrected chi connectivity index (χ4v) is 2.26. The molecule has 1 unspecified atom stereocenters. The Morgan fingerprint density at radius 1 is 1.50 bits per heavy atom. The number of carbonyl (C=O) groups excluding carboxylic acids is 1. The minimum atomic E-state index is -1.13. The lowest BCUT2D eigenvalue weighted by Crippen LogP contribution is -2.54. The smallest absolute Gasteiger partial charge is 0.410 e. The molecule has 6 nitrogen and oxygen atoms in total. The average Bonchev–Trinajstić information content (AvgIpc) is 2.42. The number of nitrogens with zero attached hydrogens (tertiary/aromatic N) is 3. The van der Waals surface area contributed by atoms with E-state index in [1.54, 1.807) is 19.0 Å². The van der Waals surface area contributed by atoms with E-state index in [0.717, 1.165) is 12.8 Å². The number of guanidine groups is 1. The van der Waals surface area contributed by atoms with Gasteiger partial charge in [-0.05, 0) is 40.5 Å². The van der Waals surface area contributed by atoms with Gasteiger partial charge in [0.05, 0.1) is 0 Å². The molecule has 0 aromatic rings. The van der Waals surface area contributed by atoms with Gasteiger partial charge >= 0.3 is 6.09 Å². The van der Waals surface area contributed by atoms with Crippen LogP contribution in [0.4, 0.5) is 9.18 Å². The standard InChI is InChI=1S/C15H29FN4O2/c1-11(16)19(6)13(17-5)18-12-8-7-9-20(10-12)14(21)22-15(2,3)4/h11-12H,7-10H2,1-6H3,(H,17,18)/t11?,12-/m0/s1. The number of alkyl halides is 1. The SMILES string of the molecule is CN=C(N[C@H]1CCCN(C(=O)OC(C)(C)C)C1)N(C)C(C)F. The number of hydrogen-bond donors (Lipinski definition) is 1. The van der Waals surface area contributed by atoms with Crippen molar-refractivity contribution in [3.8, 4) is 0 Å². The molecule has 1 heterocycles. The largest absolute Gasteiger partial charge is 0.444 e. The van der Waals surface area contributed by atoms with E-state index in [2.05, 4.69) is 10.3 Å². The van der Waals surface area contributed by atoms with Crippen molar-refractivity contribution < 1.29 is 13.9 Å². The van der Waals surface area contributed by atoms with Crippen molar-refractivity contribution in [2.24, 2.45) is 4.99 Å². The third-order valence-electron chi connectivity index (χ3n) is 3.49. The molecule has 0 spiro atoms. The molecule has 1 aliphatic rings. The van der Waals surface area contributed by atoms with Crippen LogP contribution in [0.15, 0.2) is 4.99 Å². The van der Waals surface area contributed by atoms with Gasteiger partial charge in [0.15, 0.2) is 12.3 Å². The Morgan fingerprint density at radius 2 is 2.14 bits per heavy atom. The van der Waals surface area contributed by atoms with Crippen LogP contribution < -0.4 is 5.32 Å². The van der Waals surface area contributed by atoms with Gasteiger partial charge in [-0.3, -0.25) is 4.99 Å². The number of nitrogens with one attached hydrogen (secondary N) is 1. The molecule has 1 aliphatic heterocycles. The zero-order chi connectivity index (χ0) is 16.9. The van der Waals surface area contributed by atoms with Gasteiger partial charge in [0, 0.05) is 33.2 Å². The molecular weight excluding hydrogens is 287 g/mol. The highest BCUT2D eigenvalue weighted by molar-refractivity contribution is 5.80. The molecule has 1 saturated heterocycles. The van der Waals surface area contributed by atoms with Crippen LogP contribution in [0.25, 0.3) is 0 Å². The van der Waals surface area contributed by atoms with E-state index in [4.69, 9.17) is 4.74 Å². The maximum Gasteiger partial charge on any atom is 0.410 e. The normalized spacial score (nSPS) is 21.3. The second kappa shape index (κ2) is 7.65. The number of aliphatic imine (C=N–C) groups is 1. The lowest BCUT2D eigenvalue weighted by Gasteiger charge is -2.36. The summed E-state index contributed by atoms with van der Waals surface area (Å²) in [6.45, 7) is 8.22. The summed E-state index contributed by atoms with van der Waals surface area (Å²) in [7, 11) is 3.27. The van der Waals surface area contributed by atoms with E-state index in [1.165, 1.54) is 11.8 Å². The summed E-state index contributed by atoms with van der Waals surface area (Å²) in [6, 6.07) is 0.0427. The maximum absolute atomic E-state index is 13.4. The molecule has 0 bridgehead atoms. The van der Waals surface area contributed by atoms with Crippen molar-refractivity contribution in [2.75, 3.05) is 27.2 Å². The van der Waals surface area contributed by atoms with E-state index in [9.17, 15) is 9.18 Å². The van der Waals surface area contributed by atoms with Gasteiger partial charge in [-0.15, -0.1) is 0 Å². The van der Waals surface area contributed by atoms with Gasteiger partial charge in [0.2, 0.25) is 0 Å². The van der Waals surface area contributed by atoms with Crippen molar-refractivity contribution in [2.45, 2.75) is 58.5 Å². The Kier molecular flexibility index (Phi) is 6.44. The molecule has 0 saturated carbocycles. The van der Waals surface area contributed by atoms with Gasteiger partial charge in [0.1, 0.15) is 5.60 Å². The Morgan fingerprint density at radius 3 is 2.64 bits per heavy atom. The summed E-state index contributed by atoms with van der Waals surface area (Å²) in [5.74, 6) is 0.492. The second-order valence-electron chi connectivity index (χ2n) is 6.64. The number of rotatable bonds is 2. The molecule has 7 heteroatoms. The van der Waals surface area contributed by atoms with Crippen LogP contribution in [0.3, 0.4) is 0 Å². The Balaban J connectivity index is 2.61. The summed E-state index contributed by atoms with van der Waals surface area (Å²) in [5.41, 5.74) is -0.503. The lowest BCUT2D eigenvalue weighted by atomic mass is 10.1. The highest BCUT2D eigenvalue weighted by atomic mass is 19.1. The topological polar surface area (TPSA) is 57.2 Å². The van der Waals surface area contributed by atoms with Crippen molar-refractivity contribution in [3.05, 3.63) is 0 Å². The van der Waals surface area contributed by atoms with Crippen LogP contribution in [-0.4, -0.2) is 67.0 Å². The summed E-state index contributed by atoms with van der Waals surface area (Å²) < 4.78 is 18.8. The fraction of sp³-hybridized carbons (Fsp3) is 0.867. The van der Waals surface area contributed by atoms with Crippen molar-refractivity contribution >= 4 is 12.1 Å². The zero-order valence-corrected chi connectivity index (χ0v) is 14.5. The van der Waals surface area contributed by atoms with E-state index in [1.807, 2.05) is 20.8 Å². The summed E-state index contributed by atoms with van der Waals surface area (Å²) in [4.78, 5) is 19.4. The molecular formula is C15H29FN4O2. The molecule has 1 N–H and O–H groups in total. The predicted octanol–water partition coefficient (Wildman–Crippen LogP) is 2.21. The summed E-state index contributed by atoms with van der Waals surface area (Å²) >= 11 is 0. The minimum absolute atomic E-state index is 0.0427. The van der Waals surface area contributed by atoms with Crippen LogP contribution in [-0.2, 0) is 4.74 Å². The highest BCUT2D eigenvalue weighted by Crippen LogP contribution is 2.15. The van der Waals surface area contributed by atoms with Crippen molar-refractivity contribution in [1.82, 2.24) is 15.1 Å². The molecule has 0 aromatic heterocycles. The number of amides is 1. The van der Waals surface area contributed by atoms with E-state index < -0.39 is 11.9 Å². The van der Waals surface area contributed by atoms with E-state index in [-0.39, 0.29) is 12.1 Å². The molecule has 2 atom stereocenters. The van der Waals surface area contributed by atoms with Gasteiger partial charge in [-0.25, -0.2) is 9.18 Å². The third kappa shape index (κ3) is 5.69. The molecule has 1 fully saturated rings.